The van der Waals surface area contributed by atoms with Crippen molar-refractivity contribution < 1.29 is 8.63 Å². The van der Waals surface area contributed by atoms with Gasteiger partial charge in [0.1, 0.15) is 6.26 Å². The van der Waals surface area contributed by atoms with Gasteiger partial charge in [0, 0.05) is 0 Å². The highest BCUT2D eigenvalue weighted by Gasteiger charge is 2.25. The number of aryl methyl sites for hydroxylation is 1. The normalized spacial score (nSPS) is 14.7. The van der Waals surface area contributed by atoms with Crippen molar-refractivity contribution in [3.05, 3.63) is 54.2 Å². The van der Waals surface area contributed by atoms with Crippen molar-refractivity contribution in [1.82, 2.24) is 9.71 Å². The fraction of sp³-hybridized carbons (Fsp3) is 0.471. The first-order valence-corrected chi connectivity index (χ1v) is 8.73. The Balaban J connectivity index is 1.95. The molecular weight excluding hydrogens is 296 g/mol. The van der Waals surface area contributed by atoms with Gasteiger partial charge in [-0.3, -0.25) is 0 Å². The number of nitrogens with one attached hydrogen (secondary N) is 1. The lowest BCUT2D eigenvalue weighted by atomic mass is 10.1. The number of hydrogen-bond donors (Lipinski definition) is 1. The van der Waals surface area contributed by atoms with Crippen LogP contribution in [0.2, 0.25) is 0 Å². The maximum Gasteiger partial charge on any atom is 0.212 e. The van der Waals surface area contributed by atoms with Gasteiger partial charge in [-0.15, -0.1) is 0 Å². The molecule has 4 nitrogen and oxygen atoms in total. The maximum absolute atomic E-state index is 12.3. The first kappa shape index (κ1) is 16.9. The van der Waals surface area contributed by atoms with Crippen LogP contribution in [-0.2, 0) is 17.4 Å². The van der Waals surface area contributed by atoms with Gasteiger partial charge in [0.15, 0.2) is 0 Å². The molecule has 0 fully saturated rings. The van der Waals surface area contributed by atoms with Gasteiger partial charge in [-0.25, -0.2) is 13.9 Å². The lowest BCUT2D eigenvalue weighted by molar-refractivity contribution is 0.411. The molecule has 22 heavy (non-hydrogen) atoms. The van der Waals surface area contributed by atoms with E-state index in [4.69, 9.17) is 4.42 Å². The Morgan fingerprint density at radius 3 is 2.59 bits per heavy atom. The Labute approximate surface area is 134 Å². The Kier molecular flexibility index (Phi) is 5.91. The molecule has 0 saturated carbocycles. The van der Waals surface area contributed by atoms with E-state index >= 15 is 0 Å². The van der Waals surface area contributed by atoms with Crippen LogP contribution in [0, 0.1) is 0 Å². The molecular formula is C17H24N2O2S. The molecule has 0 aliphatic rings. The van der Waals surface area contributed by atoms with E-state index in [0.29, 0.717) is 5.89 Å². The predicted molar refractivity (Wildman–Crippen MR) is 89.7 cm³/mol. The molecule has 2 atom stereocenters. The van der Waals surface area contributed by atoms with Crippen LogP contribution < -0.4 is 4.72 Å². The standard InChI is InChI=1S/C17H24N2O2S/c1-17(2,3)22(20)19-15(16-18-12-13-21-16)11-7-10-14-8-5-4-6-9-14/h4-6,8-9,12-13,15,19H,7,10-11H2,1-3H3/t15?,22-/m0/s1. The first-order chi connectivity index (χ1) is 10.5. The third kappa shape index (κ3) is 5.07. The van der Waals surface area contributed by atoms with Crippen LogP contribution in [0.4, 0.5) is 0 Å². The summed E-state index contributed by atoms with van der Waals surface area (Å²) in [6.45, 7) is 5.85. The first-order valence-electron chi connectivity index (χ1n) is 7.58. The molecule has 0 bridgehead atoms. The molecule has 0 saturated heterocycles. The van der Waals surface area contributed by atoms with Crippen molar-refractivity contribution in [2.24, 2.45) is 0 Å². The number of benzene rings is 1. The van der Waals surface area contributed by atoms with E-state index in [0.717, 1.165) is 19.3 Å². The van der Waals surface area contributed by atoms with Crippen LogP contribution in [0.1, 0.15) is 51.1 Å². The maximum atomic E-state index is 12.3. The molecule has 2 rings (SSSR count). The molecule has 5 heteroatoms. The highest BCUT2D eigenvalue weighted by atomic mass is 32.2. The molecule has 1 N–H and O–H groups in total. The summed E-state index contributed by atoms with van der Waals surface area (Å²) in [6.07, 6.45) is 5.98. The number of rotatable bonds is 7. The average Bonchev–Trinajstić information content (AvgIpc) is 3.00. The molecule has 1 heterocycles. The Morgan fingerprint density at radius 2 is 2.00 bits per heavy atom. The van der Waals surface area contributed by atoms with Crippen molar-refractivity contribution in [2.45, 2.75) is 50.8 Å². The fourth-order valence-corrected chi connectivity index (χ4v) is 2.93. The van der Waals surface area contributed by atoms with E-state index in [1.807, 2.05) is 39.0 Å². The van der Waals surface area contributed by atoms with Gasteiger partial charge in [-0.1, -0.05) is 30.3 Å². The van der Waals surface area contributed by atoms with E-state index in [9.17, 15) is 4.21 Å². The molecule has 1 unspecified atom stereocenters. The summed E-state index contributed by atoms with van der Waals surface area (Å²) in [5, 5.41) is 0. The predicted octanol–water partition coefficient (Wildman–Crippen LogP) is 3.79. The summed E-state index contributed by atoms with van der Waals surface area (Å²) in [4.78, 5) is 4.21. The van der Waals surface area contributed by atoms with Crippen molar-refractivity contribution in [2.75, 3.05) is 0 Å². The lowest BCUT2D eigenvalue weighted by Gasteiger charge is -2.22. The van der Waals surface area contributed by atoms with Crippen molar-refractivity contribution in [1.29, 1.82) is 0 Å². The van der Waals surface area contributed by atoms with Crippen molar-refractivity contribution in [3.8, 4) is 0 Å². The molecule has 120 valence electrons. The lowest BCUT2D eigenvalue weighted by Crippen LogP contribution is -2.36. The molecule has 0 radical (unpaired) electrons. The number of oxazole rings is 1. The minimum atomic E-state index is -1.15. The Hall–Kier alpha value is -1.46. The summed E-state index contributed by atoms with van der Waals surface area (Å²) >= 11 is 0. The van der Waals surface area contributed by atoms with E-state index in [1.165, 1.54) is 5.56 Å². The molecule has 0 aliphatic heterocycles. The molecule has 2 aromatic rings. The Bertz CT molecular complexity index is 576. The summed E-state index contributed by atoms with van der Waals surface area (Å²) in [5.74, 6) is 0.602. The van der Waals surface area contributed by atoms with Crippen LogP contribution in [-0.4, -0.2) is 13.9 Å². The molecule has 1 aromatic heterocycles. The summed E-state index contributed by atoms with van der Waals surface area (Å²) < 4.78 is 20.6. The van der Waals surface area contributed by atoms with Crippen LogP contribution in [0.15, 0.2) is 47.2 Å². The summed E-state index contributed by atoms with van der Waals surface area (Å²) in [7, 11) is -1.15. The second kappa shape index (κ2) is 7.70. The van der Waals surface area contributed by atoms with Gasteiger partial charge < -0.3 is 4.42 Å². The Morgan fingerprint density at radius 1 is 1.27 bits per heavy atom. The smallest absolute Gasteiger partial charge is 0.212 e. The minimum Gasteiger partial charge on any atom is -0.447 e. The number of hydrogen-bond acceptors (Lipinski definition) is 3. The van der Waals surface area contributed by atoms with Crippen LogP contribution in [0.5, 0.6) is 0 Å². The zero-order valence-corrected chi connectivity index (χ0v) is 14.2. The summed E-state index contributed by atoms with van der Waals surface area (Å²) in [5.41, 5.74) is 1.31. The van der Waals surface area contributed by atoms with Crippen LogP contribution >= 0.6 is 0 Å². The fourth-order valence-electron chi connectivity index (χ4n) is 2.10. The van der Waals surface area contributed by atoms with Crippen LogP contribution in [0.3, 0.4) is 0 Å². The summed E-state index contributed by atoms with van der Waals surface area (Å²) in [6, 6.07) is 10.2. The van der Waals surface area contributed by atoms with Gasteiger partial charge >= 0.3 is 0 Å². The monoisotopic (exact) mass is 320 g/mol. The van der Waals surface area contributed by atoms with Gasteiger partial charge in [0.05, 0.1) is 28.0 Å². The number of aromatic nitrogens is 1. The topological polar surface area (TPSA) is 55.1 Å². The van der Waals surface area contributed by atoms with Gasteiger partial charge in [-0.05, 0) is 45.6 Å². The van der Waals surface area contributed by atoms with E-state index < -0.39 is 11.0 Å². The van der Waals surface area contributed by atoms with E-state index in [-0.39, 0.29) is 10.8 Å². The average molecular weight is 320 g/mol. The van der Waals surface area contributed by atoms with Crippen molar-refractivity contribution >= 4 is 11.0 Å². The number of nitrogens with zero attached hydrogens (tertiary/aromatic N) is 1. The molecule has 0 spiro atoms. The molecule has 0 amide bonds. The zero-order valence-electron chi connectivity index (χ0n) is 13.4. The molecule has 1 aromatic carbocycles. The van der Waals surface area contributed by atoms with Crippen molar-refractivity contribution in [3.63, 3.8) is 0 Å². The highest BCUT2D eigenvalue weighted by Crippen LogP contribution is 2.21. The van der Waals surface area contributed by atoms with Gasteiger partial charge in [-0.2, -0.15) is 0 Å². The quantitative estimate of drug-likeness (QED) is 0.844. The third-order valence-electron chi connectivity index (χ3n) is 3.36. The minimum absolute atomic E-state index is 0.126. The second-order valence-electron chi connectivity index (χ2n) is 6.30. The van der Waals surface area contributed by atoms with Gasteiger partial charge in [0.2, 0.25) is 5.89 Å². The van der Waals surface area contributed by atoms with E-state index in [2.05, 4.69) is 21.8 Å². The third-order valence-corrected chi connectivity index (χ3v) is 4.97. The van der Waals surface area contributed by atoms with E-state index in [1.54, 1.807) is 12.5 Å². The van der Waals surface area contributed by atoms with Gasteiger partial charge in [0.25, 0.3) is 0 Å². The zero-order chi connectivity index (χ0) is 16.0. The SMILES string of the molecule is CC(C)(C)[S@](=O)NC(CCCc1ccccc1)c1ncco1. The molecule has 0 aliphatic carbocycles. The second-order valence-corrected chi connectivity index (χ2v) is 8.30. The largest absolute Gasteiger partial charge is 0.447 e. The highest BCUT2D eigenvalue weighted by molar-refractivity contribution is 7.84. The van der Waals surface area contributed by atoms with Crippen LogP contribution in [0.25, 0.3) is 0 Å².